The first kappa shape index (κ1) is 37.3. The maximum absolute atomic E-state index is 13.3. The van der Waals surface area contributed by atoms with Gasteiger partial charge in [-0.15, -0.1) is 0 Å². The largest absolute Gasteiger partial charge is 0.508 e. The fraction of sp³-hybridized carbons (Fsp3) is 0.552. The number of nitrogens with zero attached hydrogens (tertiary/aromatic N) is 2. The normalized spacial score (nSPS) is 16.9. The molecule has 0 aliphatic carbocycles. The summed E-state index contributed by atoms with van der Waals surface area (Å²) in [5.41, 5.74) is 17.1. The van der Waals surface area contributed by atoms with Crippen molar-refractivity contribution in [2.45, 2.75) is 82.6 Å². The molecule has 0 spiro atoms. The van der Waals surface area contributed by atoms with Crippen LogP contribution in [0.25, 0.3) is 0 Å². The van der Waals surface area contributed by atoms with Crippen molar-refractivity contribution in [3.05, 3.63) is 29.8 Å². The minimum atomic E-state index is -1.61. The second-order valence-corrected chi connectivity index (χ2v) is 11.4. The molecule has 1 aromatic carbocycles. The summed E-state index contributed by atoms with van der Waals surface area (Å²) in [7, 11) is 0. The van der Waals surface area contributed by atoms with Crippen LogP contribution in [0.3, 0.4) is 0 Å². The topological polar surface area (TPSA) is 293 Å². The SMILES string of the molecule is CC(C)C(NC(=O)C(CC(=O)O)NC(=O)C1CCCN1C(=O)C(N)CCCN=C(N)N)C(=O)NC(Cc1ccc(O)cc1)C(=O)O. The van der Waals surface area contributed by atoms with E-state index < -0.39 is 78.1 Å². The van der Waals surface area contributed by atoms with Crippen LogP contribution in [0.15, 0.2) is 29.3 Å². The number of carboxylic acids is 2. The van der Waals surface area contributed by atoms with Gasteiger partial charge in [0.2, 0.25) is 23.6 Å². The number of aliphatic imine (C=N–C) groups is 1. The first-order valence-electron chi connectivity index (χ1n) is 14.9. The summed E-state index contributed by atoms with van der Waals surface area (Å²) in [6, 6.07) is -0.474. The Hall–Kier alpha value is -4.93. The lowest BCUT2D eigenvalue weighted by atomic mass is 10.0. The summed E-state index contributed by atoms with van der Waals surface area (Å²) in [5.74, 6) is -6.49. The molecule has 17 nitrogen and oxygen atoms in total. The molecule has 5 unspecified atom stereocenters. The molecule has 1 aromatic rings. The number of carbonyl (C=O) groups excluding carboxylic acids is 4. The summed E-state index contributed by atoms with van der Waals surface area (Å²) in [6.07, 6.45) is 0.465. The molecule has 5 atom stereocenters. The highest BCUT2D eigenvalue weighted by Crippen LogP contribution is 2.20. The van der Waals surface area contributed by atoms with E-state index in [1.807, 2.05) is 0 Å². The molecule has 1 fully saturated rings. The second-order valence-electron chi connectivity index (χ2n) is 11.4. The number of benzene rings is 1. The maximum atomic E-state index is 13.3. The summed E-state index contributed by atoms with van der Waals surface area (Å²) in [6.45, 7) is 3.68. The molecule has 1 aliphatic heterocycles. The van der Waals surface area contributed by atoms with Crippen molar-refractivity contribution < 1.29 is 44.1 Å². The van der Waals surface area contributed by atoms with Gasteiger partial charge in [0.15, 0.2) is 5.96 Å². The molecule has 12 N–H and O–H groups in total. The average molecular weight is 649 g/mol. The monoisotopic (exact) mass is 648 g/mol. The molecule has 17 heteroatoms. The molecule has 0 radical (unpaired) electrons. The molecule has 0 aromatic heterocycles. The summed E-state index contributed by atoms with van der Waals surface area (Å²) in [4.78, 5) is 81.3. The number of phenols is 1. The number of aliphatic carboxylic acids is 2. The van der Waals surface area contributed by atoms with E-state index in [4.69, 9.17) is 17.2 Å². The zero-order valence-electron chi connectivity index (χ0n) is 25.8. The van der Waals surface area contributed by atoms with Gasteiger partial charge in [-0.2, -0.15) is 0 Å². The Kier molecular flexibility index (Phi) is 14.2. The maximum Gasteiger partial charge on any atom is 0.326 e. The average Bonchev–Trinajstić information content (AvgIpc) is 3.47. The Morgan fingerprint density at radius 1 is 0.978 bits per heavy atom. The highest BCUT2D eigenvalue weighted by Gasteiger charge is 2.38. The minimum Gasteiger partial charge on any atom is -0.508 e. The molecule has 0 bridgehead atoms. The predicted molar refractivity (Wildman–Crippen MR) is 165 cm³/mol. The van der Waals surface area contributed by atoms with E-state index in [-0.39, 0.29) is 44.1 Å². The van der Waals surface area contributed by atoms with E-state index in [1.54, 1.807) is 13.8 Å². The van der Waals surface area contributed by atoms with Crippen molar-refractivity contribution in [1.82, 2.24) is 20.9 Å². The number of carboxylic acid groups (broad SMARTS) is 2. The Balaban J connectivity index is 2.11. The number of nitrogens with two attached hydrogens (primary N) is 3. The van der Waals surface area contributed by atoms with Crippen LogP contribution in [-0.4, -0.2) is 105 Å². The van der Waals surface area contributed by atoms with Gasteiger partial charge in [0.25, 0.3) is 0 Å². The first-order valence-corrected chi connectivity index (χ1v) is 14.9. The Labute approximate surface area is 265 Å². The summed E-state index contributed by atoms with van der Waals surface area (Å²) in [5, 5.41) is 35.8. The number of guanidine groups is 1. The van der Waals surface area contributed by atoms with Gasteiger partial charge in [0, 0.05) is 19.5 Å². The third-order valence-corrected chi connectivity index (χ3v) is 7.37. The number of nitrogens with one attached hydrogen (secondary N) is 3. The Bertz CT molecular complexity index is 1280. The van der Waals surface area contributed by atoms with Crippen LogP contribution in [0.2, 0.25) is 0 Å². The smallest absolute Gasteiger partial charge is 0.326 e. The van der Waals surface area contributed by atoms with Crippen molar-refractivity contribution in [2.24, 2.45) is 28.1 Å². The lowest BCUT2D eigenvalue weighted by Crippen LogP contribution is -2.59. The van der Waals surface area contributed by atoms with Crippen molar-refractivity contribution in [2.75, 3.05) is 13.1 Å². The quantitative estimate of drug-likeness (QED) is 0.0502. The standard InChI is InChI=1S/C29H44N8O9/c1-15(2)23(26(43)35-20(28(45)46)13-16-7-9-17(38)10-8-16)36-24(41)19(14-22(39)40)34-25(42)21-6-4-12-37(21)27(44)18(30)5-3-11-33-29(31)32/h7-10,15,18-21,23,38H,3-6,11-14,30H2,1-2H3,(H,34,42)(H,35,43)(H,36,41)(H,39,40)(H,45,46)(H4,31,32,33). The van der Waals surface area contributed by atoms with Crippen molar-refractivity contribution in [3.63, 3.8) is 0 Å². The number of phenolic OH excluding ortho intramolecular Hbond substituents is 1. The van der Waals surface area contributed by atoms with E-state index in [9.17, 15) is 44.1 Å². The number of hydrogen-bond acceptors (Lipinski definition) is 9. The zero-order valence-corrected chi connectivity index (χ0v) is 25.8. The van der Waals surface area contributed by atoms with Crippen LogP contribution in [0.5, 0.6) is 5.75 Å². The van der Waals surface area contributed by atoms with Gasteiger partial charge < -0.3 is 53.4 Å². The lowest BCUT2D eigenvalue weighted by molar-refractivity contribution is -0.144. The van der Waals surface area contributed by atoms with Crippen LogP contribution in [-0.2, 0) is 35.2 Å². The minimum absolute atomic E-state index is 0.0166. The molecule has 1 aliphatic rings. The van der Waals surface area contributed by atoms with E-state index in [0.717, 1.165) is 0 Å². The van der Waals surface area contributed by atoms with Crippen LogP contribution >= 0.6 is 0 Å². The number of aromatic hydroxyl groups is 1. The zero-order chi connectivity index (χ0) is 34.6. The Morgan fingerprint density at radius 3 is 2.20 bits per heavy atom. The van der Waals surface area contributed by atoms with Crippen LogP contribution in [0.4, 0.5) is 0 Å². The molecule has 1 saturated heterocycles. The number of amides is 4. The van der Waals surface area contributed by atoms with Crippen LogP contribution in [0.1, 0.15) is 51.5 Å². The fourth-order valence-electron chi connectivity index (χ4n) is 4.93. The number of rotatable bonds is 17. The highest BCUT2D eigenvalue weighted by molar-refractivity contribution is 5.97. The summed E-state index contributed by atoms with van der Waals surface area (Å²) < 4.78 is 0. The number of carbonyl (C=O) groups is 6. The van der Waals surface area contributed by atoms with Crippen LogP contribution in [0, 0.1) is 5.92 Å². The molecular formula is C29H44N8O9. The molecule has 4 amide bonds. The third-order valence-electron chi connectivity index (χ3n) is 7.37. The molecule has 0 saturated carbocycles. The lowest BCUT2D eigenvalue weighted by Gasteiger charge is -2.29. The van der Waals surface area contributed by atoms with Crippen molar-refractivity contribution >= 4 is 41.5 Å². The molecule has 2 rings (SSSR count). The van der Waals surface area contributed by atoms with E-state index in [0.29, 0.717) is 18.4 Å². The fourth-order valence-corrected chi connectivity index (χ4v) is 4.93. The highest BCUT2D eigenvalue weighted by atomic mass is 16.4. The second kappa shape index (κ2) is 17.5. The number of hydrogen-bond donors (Lipinski definition) is 9. The summed E-state index contributed by atoms with van der Waals surface area (Å²) >= 11 is 0. The molecular weight excluding hydrogens is 604 g/mol. The number of likely N-dealkylation sites (tertiary alicyclic amines) is 1. The van der Waals surface area contributed by atoms with E-state index >= 15 is 0 Å². The van der Waals surface area contributed by atoms with Gasteiger partial charge in [-0.25, -0.2) is 4.79 Å². The van der Waals surface area contributed by atoms with Gasteiger partial charge >= 0.3 is 11.9 Å². The Morgan fingerprint density at radius 2 is 1.63 bits per heavy atom. The van der Waals surface area contributed by atoms with Gasteiger partial charge in [0.1, 0.15) is 29.9 Å². The van der Waals surface area contributed by atoms with Crippen LogP contribution < -0.4 is 33.2 Å². The van der Waals surface area contributed by atoms with Crippen molar-refractivity contribution in [3.8, 4) is 5.75 Å². The molecule has 46 heavy (non-hydrogen) atoms. The van der Waals surface area contributed by atoms with E-state index in [2.05, 4.69) is 20.9 Å². The molecule has 254 valence electrons. The van der Waals surface area contributed by atoms with E-state index in [1.165, 1.54) is 29.2 Å². The van der Waals surface area contributed by atoms with Gasteiger partial charge in [-0.1, -0.05) is 26.0 Å². The predicted octanol–water partition coefficient (Wildman–Crippen LogP) is -2.02. The van der Waals surface area contributed by atoms with Crippen molar-refractivity contribution in [1.29, 1.82) is 0 Å². The van der Waals surface area contributed by atoms with Gasteiger partial charge in [0.05, 0.1) is 12.5 Å². The molecule has 1 heterocycles. The first-order chi connectivity index (χ1) is 21.6. The van der Waals surface area contributed by atoms with Gasteiger partial charge in [-0.3, -0.25) is 29.0 Å². The van der Waals surface area contributed by atoms with Gasteiger partial charge in [-0.05, 0) is 49.3 Å². The third kappa shape index (κ3) is 11.5.